The predicted molar refractivity (Wildman–Crippen MR) is 157 cm³/mol. The molecule has 2 nitrogen and oxygen atoms in total. The summed E-state index contributed by atoms with van der Waals surface area (Å²) in [5, 5.41) is 0. The quantitative estimate of drug-likeness (QED) is 0.0477. The standard InChI is InChI=1S/C33H61F5O2/c1-2-3-4-5-6-7-8-9-10-11-12-13-14-15-16-17-18-19-20-21-22-23-24-25-26-27-28-29-30-40-31(39)32(34,35)33(36,37)38/h2-30H2,1H3. The summed E-state index contributed by atoms with van der Waals surface area (Å²) in [6.45, 7) is 1.88. The highest BCUT2D eigenvalue weighted by molar-refractivity contribution is 5.78. The average molecular weight is 585 g/mol. The Bertz CT molecular complexity index is 551. The molecule has 0 aliphatic rings. The lowest BCUT2D eigenvalue weighted by Gasteiger charge is -2.17. The first kappa shape index (κ1) is 39.1. The van der Waals surface area contributed by atoms with E-state index in [-0.39, 0.29) is 0 Å². The molecule has 0 aromatic rings. The number of hydrogen-bond donors (Lipinski definition) is 0. The smallest absolute Gasteiger partial charge is 0.461 e. The van der Waals surface area contributed by atoms with Gasteiger partial charge in [-0.2, -0.15) is 22.0 Å². The van der Waals surface area contributed by atoms with Crippen molar-refractivity contribution in [3.8, 4) is 0 Å². The van der Waals surface area contributed by atoms with Gasteiger partial charge in [-0.25, -0.2) is 4.79 Å². The van der Waals surface area contributed by atoms with Crippen LogP contribution in [-0.4, -0.2) is 24.7 Å². The molecule has 0 radical (unpaired) electrons. The summed E-state index contributed by atoms with van der Waals surface area (Å²) in [4.78, 5) is 10.9. The molecule has 0 saturated heterocycles. The SMILES string of the molecule is CCCCCCCCCCCCCCCCCCCCCCCCCCCCCCOC(=O)C(F)(F)C(F)(F)F. The van der Waals surface area contributed by atoms with E-state index in [1.54, 1.807) is 0 Å². The topological polar surface area (TPSA) is 26.3 Å². The van der Waals surface area contributed by atoms with Crippen LogP contribution in [-0.2, 0) is 9.53 Å². The first-order chi connectivity index (χ1) is 19.2. The molecule has 0 aromatic carbocycles. The van der Waals surface area contributed by atoms with E-state index in [1.807, 2.05) is 0 Å². The minimum atomic E-state index is -5.91. The molecular weight excluding hydrogens is 523 g/mol. The normalized spacial score (nSPS) is 12.2. The number of esters is 1. The molecule has 0 fully saturated rings. The fourth-order valence-corrected chi connectivity index (χ4v) is 5.14. The van der Waals surface area contributed by atoms with E-state index in [1.165, 1.54) is 148 Å². The van der Waals surface area contributed by atoms with Gasteiger partial charge in [-0.05, 0) is 6.42 Å². The van der Waals surface area contributed by atoms with E-state index in [9.17, 15) is 26.7 Å². The van der Waals surface area contributed by atoms with Crippen LogP contribution in [0.4, 0.5) is 22.0 Å². The molecule has 0 amide bonds. The zero-order valence-electron chi connectivity index (χ0n) is 25.7. The molecule has 240 valence electrons. The Kier molecular flexibility index (Phi) is 26.4. The molecule has 0 unspecified atom stereocenters. The number of halogens is 5. The zero-order chi connectivity index (χ0) is 29.8. The number of unbranched alkanes of at least 4 members (excludes halogenated alkanes) is 27. The summed E-state index contributed by atoms with van der Waals surface area (Å²) in [5.41, 5.74) is 0. The predicted octanol–water partition coefficient (Wildman–Crippen LogP) is 12.7. The van der Waals surface area contributed by atoms with E-state index >= 15 is 0 Å². The Morgan fingerprint density at radius 3 is 0.875 bits per heavy atom. The highest BCUT2D eigenvalue weighted by Crippen LogP contribution is 2.36. The van der Waals surface area contributed by atoms with Crippen LogP contribution < -0.4 is 0 Å². The van der Waals surface area contributed by atoms with Crippen LogP contribution in [0.2, 0.25) is 0 Å². The van der Waals surface area contributed by atoms with E-state index in [2.05, 4.69) is 11.7 Å². The van der Waals surface area contributed by atoms with Crippen molar-refractivity contribution in [1.29, 1.82) is 0 Å². The minimum Gasteiger partial charge on any atom is -0.461 e. The Labute approximate surface area is 243 Å². The molecular formula is C33H61F5O2. The van der Waals surface area contributed by atoms with Crippen molar-refractivity contribution in [1.82, 2.24) is 0 Å². The highest BCUT2D eigenvalue weighted by atomic mass is 19.4. The monoisotopic (exact) mass is 584 g/mol. The van der Waals surface area contributed by atoms with Gasteiger partial charge >= 0.3 is 18.1 Å². The number of carbonyl (C=O) groups excluding carboxylic acids is 1. The Hall–Kier alpha value is -0.880. The van der Waals surface area contributed by atoms with Gasteiger partial charge in [0.2, 0.25) is 0 Å². The molecule has 0 spiro atoms. The molecule has 0 aliphatic carbocycles. The van der Waals surface area contributed by atoms with E-state index in [0.29, 0.717) is 12.8 Å². The number of carbonyl (C=O) groups is 1. The summed E-state index contributed by atoms with van der Waals surface area (Å²) < 4.78 is 65.7. The van der Waals surface area contributed by atoms with Gasteiger partial charge in [-0.3, -0.25) is 0 Å². The highest BCUT2D eigenvalue weighted by Gasteiger charge is 2.64. The van der Waals surface area contributed by atoms with Crippen LogP contribution in [0.1, 0.15) is 187 Å². The maximum Gasteiger partial charge on any atom is 0.465 e. The average Bonchev–Trinajstić information content (AvgIpc) is 2.91. The Morgan fingerprint density at radius 2 is 0.650 bits per heavy atom. The first-order valence-corrected chi connectivity index (χ1v) is 16.8. The van der Waals surface area contributed by atoms with Crippen LogP contribution in [0.25, 0.3) is 0 Å². The third-order valence-corrected chi connectivity index (χ3v) is 7.84. The number of hydrogen-bond acceptors (Lipinski definition) is 2. The Morgan fingerprint density at radius 1 is 0.425 bits per heavy atom. The summed E-state index contributed by atoms with van der Waals surface area (Å²) in [6, 6.07) is 0. The lowest BCUT2D eigenvalue weighted by molar-refractivity contribution is -0.280. The molecule has 40 heavy (non-hydrogen) atoms. The molecule has 0 saturated carbocycles. The number of alkyl halides is 5. The zero-order valence-corrected chi connectivity index (χ0v) is 25.7. The molecule has 0 aliphatic heterocycles. The lowest BCUT2D eigenvalue weighted by Crippen LogP contribution is -2.45. The van der Waals surface area contributed by atoms with Crippen molar-refractivity contribution in [3.05, 3.63) is 0 Å². The maximum atomic E-state index is 12.7. The van der Waals surface area contributed by atoms with Gasteiger partial charge in [-0.15, -0.1) is 0 Å². The molecule has 0 atom stereocenters. The third kappa shape index (κ3) is 23.8. The maximum absolute atomic E-state index is 12.7. The second kappa shape index (κ2) is 27.0. The van der Waals surface area contributed by atoms with Gasteiger partial charge in [-0.1, -0.05) is 180 Å². The van der Waals surface area contributed by atoms with E-state index in [0.717, 1.165) is 19.3 Å². The number of ether oxygens (including phenoxy) is 1. The van der Waals surface area contributed by atoms with E-state index in [4.69, 9.17) is 0 Å². The van der Waals surface area contributed by atoms with Crippen molar-refractivity contribution in [2.45, 2.75) is 199 Å². The molecule has 0 rings (SSSR count). The minimum absolute atomic E-state index is 0.305. The third-order valence-electron chi connectivity index (χ3n) is 7.84. The van der Waals surface area contributed by atoms with Crippen LogP contribution >= 0.6 is 0 Å². The molecule has 0 bridgehead atoms. The summed E-state index contributed by atoms with van der Waals surface area (Å²) in [7, 11) is 0. The first-order valence-electron chi connectivity index (χ1n) is 16.8. The van der Waals surface area contributed by atoms with Crippen molar-refractivity contribution < 1.29 is 31.5 Å². The summed E-state index contributed by atoms with van der Waals surface area (Å²) in [5.74, 6) is -7.94. The van der Waals surface area contributed by atoms with Crippen molar-refractivity contribution in [2.75, 3.05) is 6.61 Å². The van der Waals surface area contributed by atoms with E-state index < -0.39 is 24.7 Å². The van der Waals surface area contributed by atoms with Gasteiger partial charge in [0.25, 0.3) is 0 Å². The lowest BCUT2D eigenvalue weighted by atomic mass is 10.0. The van der Waals surface area contributed by atoms with Gasteiger partial charge in [0.05, 0.1) is 6.61 Å². The van der Waals surface area contributed by atoms with Crippen molar-refractivity contribution >= 4 is 5.97 Å². The van der Waals surface area contributed by atoms with Gasteiger partial charge < -0.3 is 4.74 Å². The summed E-state index contributed by atoms with van der Waals surface area (Å²) in [6.07, 6.45) is 29.7. The van der Waals surface area contributed by atoms with Crippen LogP contribution in [0.15, 0.2) is 0 Å². The second-order valence-electron chi connectivity index (χ2n) is 11.8. The fraction of sp³-hybridized carbons (Fsp3) is 0.970. The molecule has 0 heterocycles. The second-order valence-corrected chi connectivity index (χ2v) is 11.8. The summed E-state index contributed by atoms with van der Waals surface area (Å²) >= 11 is 0. The van der Waals surface area contributed by atoms with Crippen LogP contribution in [0.3, 0.4) is 0 Å². The molecule has 0 N–H and O–H groups in total. The Balaban J connectivity index is 3.19. The number of rotatable bonds is 30. The van der Waals surface area contributed by atoms with Gasteiger partial charge in [0.1, 0.15) is 0 Å². The van der Waals surface area contributed by atoms with Crippen molar-refractivity contribution in [2.24, 2.45) is 0 Å². The van der Waals surface area contributed by atoms with Gasteiger partial charge in [0.15, 0.2) is 0 Å². The van der Waals surface area contributed by atoms with Crippen LogP contribution in [0, 0.1) is 0 Å². The van der Waals surface area contributed by atoms with Crippen molar-refractivity contribution in [3.63, 3.8) is 0 Å². The fourth-order valence-electron chi connectivity index (χ4n) is 5.14. The molecule has 0 aromatic heterocycles. The largest absolute Gasteiger partial charge is 0.465 e. The van der Waals surface area contributed by atoms with Gasteiger partial charge in [0, 0.05) is 0 Å². The molecule has 7 heteroatoms. The van der Waals surface area contributed by atoms with Crippen LogP contribution in [0.5, 0.6) is 0 Å².